The molecule has 1 N–H and O–H groups in total. The zero-order valence-corrected chi connectivity index (χ0v) is 18.1. The molecule has 2 aliphatic heterocycles. The molecule has 2 fully saturated rings. The number of likely N-dealkylation sites (N-methyl/N-ethyl adjacent to an activating group) is 1. The van der Waals surface area contributed by atoms with Crippen LogP contribution < -0.4 is 15.8 Å². The zero-order chi connectivity index (χ0) is 21.4. The number of nitrogens with zero attached hydrogens (tertiary/aromatic N) is 5. The predicted octanol–water partition coefficient (Wildman–Crippen LogP) is 1.67. The Morgan fingerprint density at radius 1 is 1.27 bits per heavy atom. The number of aromatic nitrogens is 2. The maximum absolute atomic E-state index is 9.29. The van der Waals surface area contributed by atoms with Gasteiger partial charge in [0.2, 0.25) is 0 Å². The Bertz CT molecular complexity index is 1160. The van der Waals surface area contributed by atoms with Gasteiger partial charge in [-0.2, -0.15) is 10.4 Å². The van der Waals surface area contributed by atoms with Crippen LogP contribution in [-0.4, -0.2) is 52.2 Å². The van der Waals surface area contributed by atoms with E-state index in [0.717, 1.165) is 51.9 Å². The van der Waals surface area contributed by atoms with Crippen molar-refractivity contribution >= 4 is 18.0 Å². The fraction of sp³-hybridized carbons (Fsp3) is 0.375. The Kier molecular flexibility index (Phi) is 5.31. The Balaban J connectivity index is 1.65. The largest absolute Gasteiger partial charge is 0.364 e. The summed E-state index contributed by atoms with van der Waals surface area (Å²) in [5.41, 5.74) is 4.68. The maximum atomic E-state index is 9.29. The van der Waals surface area contributed by atoms with E-state index in [2.05, 4.69) is 57.2 Å². The van der Waals surface area contributed by atoms with Crippen LogP contribution in [0.4, 0.5) is 5.82 Å². The van der Waals surface area contributed by atoms with Crippen LogP contribution in [0.2, 0.25) is 0 Å². The van der Waals surface area contributed by atoms with Gasteiger partial charge in [-0.25, -0.2) is 0 Å². The highest BCUT2D eigenvalue weighted by Gasteiger charge is 2.49. The molecule has 0 bridgehead atoms. The summed E-state index contributed by atoms with van der Waals surface area (Å²) in [6.45, 7) is 13.0. The Morgan fingerprint density at radius 3 is 2.70 bits per heavy atom. The second kappa shape index (κ2) is 7.92. The van der Waals surface area contributed by atoms with Gasteiger partial charge in [0.05, 0.1) is 23.4 Å². The number of aryl methyl sites for hydroxylation is 1. The first-order valence-corrected chi connectivity index (χ1v) is 10.3. The molecule has 30 heavy (non-hydrogen) atoms. The van der Waals surface area contributed by atoms with E-state index >= 15 is 0 Å². The number of nitrogens with one attached hydrogen (secondary N) is 1. The second-order valence-electron chi connectivity index (χ2n) is 8.17. The predicted molar refractivity (Wildman–Crippen MR) is 120 cm³/mol. The van der Waals surface area contributed by atoms with Crippen molar-refractivity contribution in [2.45, 2.75) is 39.4 Å². The highest BCUT2D eigenvalue weighted by atomic mass is 15.4. The molecule has 0 saturated carbocycles. The summed E-state index contributed by atoms with van der Waals surface area (Å²) in [5.74, 6) is 0.736. The summed E-state index contributed by atoms with van der Waals surface area (Å²) in [7, 11) is 2.18. The smallest absolute Gasteiger partial charge is 0.156 e. The van der Waals surface area contributed by atoms with E-state index in [9.17, 15) is 5.26 Å². The van der Waals surface area contributed by atoms with Crippen molar-refractivity contribution in [1.29, 1.82) is 5.26 Å². The van der Waals surface area contributed by atoms with Gasteiger partial charge in [-0.3, -0.25) is 4.90 Å². The van der Waals surface area contributed by atoms with Crippen LogP contribution in [-0.2, 0) is 6.54 Å². The van der Waals surface area contributed by atoms with Crippen LogP contribution in [0.5, 0.6) is 0 Å². The molecule has 1 aromatic heterocycles. The van der Waals surface area contributed by atoms with Gasteiger partial charge in [-0.05, 0) is 51.1 Å². The SMILES string of the molecule is C=C(/C=c1/c(NCc2cccc(C#N)c2C)nnc(C)/c1=C/C)N1C[C@H]2C1CN2C. The maximum Gasteiger partial charge on any atom is 0.156 e. The first-order valence-electron chi connectivity index (χ1n) is 10.3. The average molecular weight is 401 g/mol. The summed E-state index contributed by atoms with van der Waals surface area (Å²) in [6.07, 6.45) is 4.21. The van der Waals surface area contributed by atoms with E-state index in [4.69, 9.17) is 0 Å². The number of likely N-dealkylation sites (tertiary alicyclic amines) is 2. The lowest BCUT2D eigenvalue weighted by Crippen LogP contribution is -2.76. The van der Waals surface area contributed by atoms with Crippen molar-refractivity contribution in [3.8, 4) is 6.07 Å². The van der Waals surface area contributed by atoms with Gasteiger partial charge in [-0.15, -0.1) is 5.10 Å². The minimum absolute atomic E-state index is 0.578. The minimum atomic E-state index is 0.578. The third-order valence-electron chi connectivity index (χ3n) is 6.49. The lowest BCUT2D eigenvalue weighted by Gasteiger charge is -2.62. The Labute approximate surface area is 177 Å². The van der Waals surface area contributed by atoms with Crippen LogP contribution in [0.15, 0.2) is 30.5 Å². The quantitative estimate of drug-likeness (QED) is 0.824. The van der Waals surface area contributed by atoms with Crippen molar-refractivity contribution < 1.29 is 0 Å². The van der Waals surface area contributed by atoms with Gasteiger partial charge in [0.15, 0.2) is 5.82 Å². The van der Waals surface area contributed by atoms with Gasteiger partial charge in [0.1, 0.15) is 0 Å². The van der Waals surface area contributed by atoms with Crippen LogP contribution in [0, 0.1) is 25.2 Å². The molecular weight excluding hydrogens is 372 g/mol. The monoisotopic (exact) mass is 400 g/mol. The summed E-state index contributed by atoms with van der Waals surface area (Å²) in [6, 6.07) is 9.29. The number of fused-ring (bicyclic) bond motifs is 1. The van der Waals surface area contributed by atoms with Crippen molar-refractivity contribution in [2.75, 3.05) is 25.5 Å². The highest BCUT2D eigenvalue weighted by molar-refractivity contribution is 5.55. The number of hydrogen-bond acceptors (Lipinski definition) is 6. The van der Waals surface area contributed by atoms with Gasteiger partial charge in [0.25, 0.3) is 0 Å². The Hall–Kier alpha value is -3.17. The molecule has 0 spiro atoms. The van der Waals surface area contributed by atoms with Gasteiger partial charge in [-0.1, -0.05) is 24.8 Å². The molecule has 154 valence electrons. The minimum Gasteiger partial charge on any atom is -0.364 e. The van der Waals surface area contributed by atoms with Crippen LogP contribution >= 0.6 is 0 Å². The molecule has 0 radical (unpaired) electrons. The number of hydrogen-bond donors (Lipinski definition) is 1. The molecule has 2 atom stereocenters. The molecule has 2 aliphatic rings. The van der Waals surface area contributed by atoms with Crippen molar-refractivity contribution in [1.82, 2.24) is 20.0 Å². The number of nitriles is 1. The number of benzene rings is 1. The van der Waals surface area contributed by atoms with Gasteiger partial charge >= 0.3 is 0 Å². The molecule has 0 aliphatic carbocycles. The molecule has 3 heterocycles. The molecule has 4 rings (SSSR count). The average Bonchev–Trinajstić information content (AvgIpc) is 2.72. The van der Waals surface area contributed by atoms with E-state index < -0.39 is 0 Å². The highest BCUT2D eigenvalue weighted by Crippen LogP contribution is 2.34. The molecule has 1 aromatic carbocycles. The van der Waals surface area contributed by atoms with E-state index in [0.29, 0.717) is 24.2 Å². The van der Waals surface area contributed by atoms with Crippen LogP contribution in [0.25, 0.3) is 12.2 Å². The van der Waals surface area contributed by atoms with E-state index in [1.165, 1.54) is 0 Å². The lowest BCUT2D eigenvalue weighted by atomic mass is 9.85. The van der Waals surface area contributed by atoms with Crippen molar-refractivity contribution in [2.24, 2.45) is 0 Å². The normalized spacial score (nSPS) is 21.5. The summed E-state index contributed by atoms with van der Waals surface area (Å²) in [5, 5.41) is 23.6. The van der Waals surface area contributed by atoms with Crippen LogP contribution in [0.1, 0.15) is 29.3 Å². The van der Waals surface area contributed by atoms with Gasteiger partial charge in [0, 0.05) is 41.8 Å². The van der Waals surface area contributed by atoms with Gasteiger partial charge < -0.3 is 10.2 Å². The fourth-order valence-corrected chi connectivity index (χ4v) is 4.43. The first-order chi connectivity index (χ1) is 14.4. The lowest BCUT2D eigenvalue weighted by molar-refractivity contribution is -0.0875. The Morgan fingerprint density at radius 2 is 2.07 bits per heavy atom. The molecule has 1 unspecified atom stereocenters. The van der Waals surface area contributed by atoms with E-state index in [1.54, 1.807) is 0 Å². The van der Waals surface area contributed by atoms with Crippen molar-refractivity contribution in [3.63, 3.8) is 0 Å². The summed E-state index contributed by atoms with van der Waals surface area (Å²) < 4.78 is 0. The number of allylic oxidation sites excluding steroid dienone is 1. The molecule has 0 amide bonds. The standard InChI is InChI=1S/C24H28N6/c1-6-20-17(4)27-28-24(26-12-19-9-7-8-18(11-25)16(19)3)21(20)10-15(2)30-14-22-23(30)13-29(22)5/h6-10,22-23H,2,12-14H2,1,3-5H3,(H,26,28)/b20-6-,21-10+/t22-,23?/m0/s1. The zero-order valence-electron chi connectivity index (χ0n) is 18.1. The van der Waals surface area contributed by atoms with Crippen molar-refractivity contribution in [3.05, 3.63) is 63.3 Å². The van der Waals surface area contributed by atoms with Crippen LogP contribution in [0.3, 0.4) is 0 Å². The first kappa shape index (κ1) is 20.1. The number of piperazine rings is 1. The van der Waals surface area contributed by atoms with E-state index in [-0.39, 0.29) is 0 Å². The third-order valence-corrected chi connectivity index (χ3v) is 6.49. The molecule has 2 aromatic rings. The number of rotatable bonds is 5. The second-order valence-corrected chi connectivity index (χ2v) is 8.17. The third kappa shape index (κ3) is 3.35. The molecule has 6 heteroatoms. The van der Waals surface area contributed by atoms with E-state index in [1.807, 2.05) is 39.0 Å². The molecule has 6 nitrogen and oxygen atoms in total. The molecule has 2 saturated heterocycles. The summed E-state index contributed by atoms with van der Waals surface area (Å²) in [4.78, 5) is 4.77. The topological polar surface area (TPSA) is 68.1 Å². The number of anilines is 1. The summed E-state index contributed by atoms with van der Waals surface area (Å²) >= 11 is 0. The fourth-order valence-electron chi connectivity index (χ4n) is 4.43. The molecular formula is C24H28N6.